The normalized spacial score (nSPS) is 22.7. The average Bonchev–Trinajstić information content (AvgIpc) is 3.08. The van der Waals surface area contributed by atoms with Gasteiger partial charge >= 0.3 is 0 Å². The van der Waals surface area contributed by atoms with Gasteiger partial charge in [0.25, 0.3) is 0 Å². The van der Waals surface area contributed by atoms with Crippen LogP contribution in [0.5, 0.6) is 0 Å². The minimum atomic E-state index is -0.129. The molecule has 0 bridgehead atoms. The quantitative estimate of drug-likeness (QED) is 0.843. The summed E-state index contributed by atoms with van der Waals surface area (Å²) < 4.78 is 5.89. The molecule has 0 aliphatic carbocycles. The lowest BCUT2D eigenvalue weighted by Gasteiger charge is -2.33. The predicted molar refractivity (Wildman–Crippen MR) is 79.6 cm³/mol. The van der Waals surface area contributed by atoms with Crippen LogP contribution >= 0.6 is 0 Å². The first kappa shape index (κ1) is 14.2. The number of aromatic nitrogens is 1. The standard InChI is InChI=1S/C16H21N3O2/c20-16(15-5-3-9-18-15)19-10-6-14(7-11-19)21-12-13-4-1-2-8-17-13/h1-5,8,14-15,18H,6-7,9-12H2/t15-/m1/s1. The van der Waals surface area contributed by atoms with Gasteiger partial charge in [0.15, 0.2) is 0 Å². The van der Waals surface area contributed by atoms with Crippen molar-refractivity contribution < 1.29 is 9.53 Å². The zero-order chi connectivity index (χ0) is 14.5. The summed E-state index contributed by atoms with van der Waals surface area (Å²) in [6.45, 7) is 2.89. The van der Waals surface area contributed by atoms with Gasteiger partial charge in [-0.1, -0.05) is 18.2 Å². The minimum Gasteiger partial charge on any atom is -0.372 e. The van der Waals surface area contributed by atoms with E-state index in [0.29, 0.717) is 6.61 Å². The van der Waals surface area contributed by atoms with Crippen LogP contribution in [0.4, 0.5) is 0 Å². The first-order valence-electron chi connectivity index (χ1n) is 7.53. The zero-order valence-corrected chi connectivity index (χ0v) is 12.1. The second-order valence-electron chi connectivity index (χ2n) is 5.47. The van der Waals surface area contributed by atoms with E-state index >= 15 is 0 Å². The van der Waals surface area contributed by atoms with E-state index in [4.69, 9.17) is 4.74 Å². The molecule has 0 spiro atoms. The number of likely N-dealkylation sites (tertiary alicyclic amines) is 1. The number of carbonyl (C=O) groups excluding carboxylic acids is 1. The van der Waals surface area contributed by atoms with Gasteiger partial charge in [-0.2, -0.15) is 0 Å². The molecule has 5 heteroatoms. The third-order valence-corrected chi connectivity index (χ3v) is 4.00. The largest absolute Gasteiger partial charge is 0.372 e. The van der Waals surface area contributed by atoms with Gasteiger partial charge in [-0.3, -0.25) is 15.1 Å². The molecule has 1 N–H and O–H groups in total. The Morgan fingerprint density at radius 1 is 1.38 bits per heavy atom. The van der Waals surface area contributed by atoms with Crippen molar-refractivity contribution in [3.05, 3.63) is 42.2 Å². The number of hydrogen-bond donors (Lipinski definition) is 1. The lowest BCUT2D eigenvalue weighted by molar-refractivity contribution is -0.134. The maximum Gasteiger partial charge on any atom is 0.243 e. The summed E-state index contributed by atoms with van der Waals surface area (Å²) in [7, 11) is 0. The molecule has 0 radical (unpaired) electrons. The van der Waals surface area contributed by atoms with Crippen LogP contribution in [0.15, 0.2) is 36.5 Å². The first-order chi connectivity index (χ1) is 10.3. The summed E-state index contributed by atoms with van der Waals surface area (Å²) in [5, 5.41) is 3.17. The summed E-state index contributed by atoms with van der Waals surface area (Å²) >= 11 is 0. The Morgan fingerprint density at radius 3 is 2.90 bits per heavy atom. The number of nitrogens with zero attached hydrogens (tertiary/aromatic N) is 2. The van der Waals surface area contributed by atoms with Crippen LogP contribution in [0.1, 0.15) is 18.5 Å². The molecule has 5 nitrogen and oxygen atoms in total. The van der Waals surface area contributed by atoms with Crippen LogP contribution < -0.4 is 5.32 Å². The number of carbonyl (C=O) groups is 1. The van der Waals surface area contributed by atoms with Gasteiger partial charge in [-0.05, 0) is 25.0 Å². The molecule has 1 aromatic rings. The lowest BCUT2D eigenvalue weighted by Crippen LogP contribution is -2.48. The fourth-order valence-corrected chi connectivity index (χ4v) is 2.76. The van der Waals surface area contributed by atoms with Crippen molar-refractivity contribution in [3.63, 3.8) is 0 Å². The molecule has 2 aliphatic heterocycles. The number of nitrogens with one attached hydrogen (secondary N) is 1. The van der Waals surface area contributed by atoms with E-state index in [-0.39, 0.29) is 18.1 Å². The Morgan fingerprint density at radius 2 is 2.24 bits per heavy atom. The smallest absolute Gasteiger partial charge is 0.243 e. The van der Waals surface area contributed by atoms with Crippen molar-refractivity contribution in [3.8, 4) is 0 Å². The lowest BCUT2D eigenvalue weighted by atomic mass is 10.1. The zero-order valence-electron chi connectivity index (χ0n) is 12.1. The van der Waals surface area contributed by atoms with Crippen molar-refractivity contribution in [2.45, 2.75) is 31.6 Å². The molecule has 1 fully saturated rings. The third-order valence-electron chi connectivity index (χ3n) is 4.00. The molecule has 1 saturated heterocycles. The van der Waals surface area contributed by atoms with Crippen molar-refractivity contribution in [2.75, 3.05) is 19.6 Å². The van der Waals surface area contributed by atoms with Gasteiger partial charge in [0.1, 0.15) is 6.04 Å². The average molecular weight is 287 g/mol. The molecule has 1 amide bonds. The van der Waals surface area contributed by atoms with Crippen molar-refractivity contribution in [2.24, 2.45) is 0 Å². The molecule has 1 atom stereocenters. The van der Waals surface area contributed by atoms with E-state index < -0.39 is 0 Å². The van der Waals surface area contributed by atoms with E-state index in [1.54, 1.807) is 6.20 Å². The van der Waals surface area contributed by atoms with E-state index in [0.717, 1.165) is 38.2 Å². The summed E-state index contributed by atoms with van der Waals surface area (Å²) in [5.74, 6) is 0.187. The molecule has 0 unspecified atom stereocenters. The Bertz CT molecular complexity index is 496. The molecule has 2 aliphatic rings. The molecular weight excluding hydrogens is 266 g/mol. The van der Waals surface area contributed by atoms with Gasteiger partial charge in [-0.15, -0.1) is 0 Å². The van der Waals surface area contributed by atoms with Crippen LogP contribution in [-0.2, 0) is 16.1 Å². The Balaban J connectivity index is 1.42. The molecule has 1 aromatic heterocycles. The Hall–Kier alpha value is -1.72. The molecule has 21 heavy (non-hydrogen) atoms. The first-order valence-corrected chi connectivity index (χ1v) is 7.53. The van der Waals surface area contributed by atoms with E-state index in [9.17, 15) is 4.79 Å². The number of pyridine rings is 1. The van der Waals surface area contributed by atoms with Crippen LogP contribution in [0.3, 0.4) is 0 Å². The van der Waals surface area contributed by atoms with Crippen molar-refractivity contribution >= 4 is 5.91 Å². The highest BCUT2D eigenvalue weighted by atomic mass is 16.5. The van der Waals surface area contributed by atoms with Crippen molar-refractivity contribution in [1.82, 2.24) is 15.2 Å². The molecule has 112 valence electrons. The second kappa shape index (κ2) is 6.83. The topological polar surface area (TPSA) is 54.5 Å². The highest BCUT2D eigenvalue weighted by Gasteiger charge is 2.28. The maximum absolute atomic E-state index is 12.2. The van der Waals surface area contributed by atoms with Gasteiger partial charge in [0, 0.05) is 25.8 Å². The number of ether oxygens (including phenoxy) is 1. The SMILES string of the molecule is O=C([C@H]1C=CCN1)N1CCC(OCc2ccccn2)CC1. The number of hydrogen-bond acceptors (Lipinski definition) is 4. The number of amides is 1. The Kier molecular flexibility index (Phi) is 4.62. The second-order valence-corrected chi connectivity index (χ2v) is 5.47. The number of rotatable bonds is 4. The van der Waals surface area contributed by atoms with Crippen LogP contribution in [0.25, 0.3) is 0 Å². The van der Waals surface area contributed by atoms with Gasteiger partial charge in [0.2, 0.25) is 5.91 Å². The van der Waals surface area contributed by atoms with Crippen LogP contribution in [0.2, 0.25) is 0 Å². The van der Waals surface area contributed by atoms with Gasteiger partial charge in [0.05, 0.1) is 18.4 Å². The Labute approximate surface area is 125 Å². The molecule has 0 saturated carbocycles. The fourth-order valence-electron chi connectivity index (χ4n) is 2.76. The fraction of sp³-hybridized carbons (Fsp3) is 0.500. The van der Waals surface area contributed by atoms with Crippen LogP contribution in [0, 0.1) is 0 Å². The molecule has 3 rings (SSSR count). The van der Waals surface area contributed by atoms with Crippen LogP contribution in [-0.4, -0.2) is 47.6 Å². The van der Waals surface area contributed by atoms with Gasteiger partial charge < -0.3 is 9.64 Å². The highest BCUT2D eigenvalue weighted by molar-refractivity contribution is 5.84. The third kappa shape index (κ3) is 3.68. The van der Waals surface area contributed by atoms with E-state index in [1.165, 1.54) is 0 Å². The van der Waals surface area contributed by atoms with E-state index in [1.807, 2.05) is 35.3 Å². The summed E-state index contributed by atoms with van der Waals surface area (Å²) in [6.07, 6.45) is 7.76. The summed E-state index contributed by atoms with van der Waals surface area (Å²) in [5.41, 5.74) is 0.955. The monoisotopic (exact) mass is 287 g/mol. The van der Waals surface area contributed by atoms with Gasteiger partial charge in [-0.25, -0.2) is 0 Å². The molecular formula is C16H21N3O2. The maximum atomic E-state index is 12.2. The highest BCUT2D eigenvalue weighted by Crippen LogP contribution is 2.16. The summed E-state index contributed by atoms with van der Waals surface area (Å²) in [6, 6.07) is 5.71. The predicted octanol–water partition coefficient (Wildman–Crippen LogP) is 1.12. The molecule has 3 heterocycles. The summed E-state index contributed by atoms with van der Waals surface area (Å²) in [4.78, 5) is 18.4. The molecule has 0 aromatic carbocycles. The minimum absolute atomic E-state index is 0.129. The van der Waals surface area contributed by atoms with E-state index in [2.05, 4.69) is 10.3 Å². The number of piperidine rings is 1. The van der Waals surface area contributed by atoms with Crippen molar-refractivity contribution in [1.29, 1.82) is 0 Å².